The Bertz CT molecular complexity index is 914. The molecule has 0 saturated carbocycles. The maximum absolute atomic E-state index is 13.2. The average molecular weight is 409 g/mol. The van der Waals surface area contributed by atoms with Crippen LogP contribution in [0.2, 0.25) is 0 Å². The van der Waals surface area contributed by atoms with Gasteiger partial charge < -0.3 is 9.64 Å². The van der Waals surface area contributed by atoms with E-state index in [0.717, 1.165) is 5.56 Å². The van der Waals surface area contributed by atoms with E-state index in [1.54, 1.807) is 55.6 Å². The van der Waals surface area contributed by atoms with Gasteiger partial charge in [-0.25, -0.2) is 8.42 Å². The van der Waals surface area contributed by atoms with Crippen molar-refractivity contribution in [3.63, 3.8) is 0 Å². The first kappa shape index (κ1) is 19.7. The summed E-state index contributed by atoms with van der Waals surface area (Å²) in [5.74, 6) is 0.143. The number of aryl methyl sites for hydroxylation is 1. The molecule has 0 N–H and O–H groups in total. The van der Waals surface area contributed by atoms with Gasteiger partial charge in [-0.2, -0.15) is 4.31 Å². The van der Waals surface area contributed by atoms with Gasteiger partial charge >= 0.3 is 0 Å². The van der Waals surface area contributed by atoms with Gasteiger partial charge in [0, 0.05) is 13.1 Å². The van der Waals surface area contributed by atoms with E-state index < -0.39 is 16.2 Å². The van der Waals surface area contributed by atoms with Crippen molar-refractivity contribution in [2.24, 2.45) is 0 Å². The lowest BCUT2D eigenvalue weighted by Gasteiger charge is -2.30. The van der Waals surface area contributed by atoms with E-state index in [2.05, 4.69) is 0 Å². The normalized spacial score (nSPS) is 17.9. The summed E-state index contributed by atoms with van der Waals surface area (Å²) in [7, 11) is -2.22. The van der Waals surface area contributed by atoms with Gasteiger partial charge in [-0.15, -0.1) is 11.6 Å². The van der Waals surface area contributed by atoms with Crippen LogP contribution in [0.3, 0.4) is 0 Å². The molecule has 6 nitrogen and oxygen atoms in total. The second kappa shape index (κ2) is 7.88. The van der Waals surface area contributed by atoms with Crippen LogP contribution in [-0.2, 0) is 14.8 Å². The lowest BCUT2D eigenvalue weighted by Crippen LogP contribution is -2.38. The minimum atomic E-state index is -3.78. The maximum atomic E-state index is 13.2. The fourth-order valence-electron chi connectivity index (χ4n) is 3.16. The number of hydrogen-bond acceptors (Lipinski definition) is 4. The molecule has 1 aliphatic heterocycles. The van der Waals surface area contributed by atoms with Crippen LogP contribution < -0.4 is 4.74 Å². The van der Waals surface area contributed by atoms with Crippen molar-refractivity contribution in [3.8, 4) is 5.75 Å². The third-order valence-electron chi connectivity index (χ3n) is 4.61. The molecule has 1 amide bonds. The number of amides is 1. The largest absolute Gasteiger partial charge is 0.497 e. The molecule has 0 radical (unpaired) electrons. The molecule has 1 fully saturated rings. The van der Waals surface area contributed by atoms with Gasteiger partial charge in [0.15, 0.2) is 0 Å². The molecule has 1 aliphatic rings. The molecular formula is C19H21ClN2O4S. The highest BCUT2D eigenvalue weighted by Crippen LogP contribution is 2.35. The van der Waals surface area contributed by atoms with Crippen LogP contribution in [0.25, 0.3) is 0 Å². The molecule has 8 heteroatoms. The number of ether oxygens (including phenoxy) is 1. The van der Waals surface area contributed by atoms with Crippen LogP contribution in [-0.4, -0.2) is 49.6 Å². The smallest absolute Gasteiger partial charge is 0.245 e. The number of sulfonamides is 1. The van der Waals surface area contributed by atoms with Crippen LogP contribution in [0.1, 0.15) is 17.3 Å². The number of hydrogen-bond donors (Lipinski definition) is 0. The minimum absolute atomic E-state index is 0.201. The molecule has 27 heavy (non-hydrogen) atoms. The molecule has 0 aliphatic carbocycles. The zero-order valence-corrected chi connectivity index (χ0v) is 16.7. The molecule has 0 aromatic heterocycles. The number of nitrogens with zero attached hydrogens (tertiary/aromatic N) is 2. The number of methoxy groups -OCH3 is 1. The van der Waals surface area contributed by atoms with Gasteiger partial charge in [-0.1, -0.05) is 29.8 Å². The van der Waals surface area contributed by atoms with Gasteiger partial charge in [-0.05, 0) is 36.8 Å². The number of benzene rings is 2. The highest BCUT2D eigenvalue weighted by molar-refractivity contribution is 7.89. The van der Waals surface area contributed by atoms with Crippen LogP contribution >= 0.6 is 11.6 Å². The summed E-state index contributed by atoms with van der Waals surface area (Å²) in [6.07, 6.45) is -0.742. The van der Waals surface area contributed by atoms with Crippen molar-refractivity contribution in [1.29, 1.82) is 0 Å². The molecule has 1 heterocycles. The van der Waals surface area contributed by atoms with Crippen LogP contribution in [0.4, 0.5) is 0 Å². The summed E-state index contributed by atoms with van der Waals surface area (Å²) in [6, 6.07) is 13.7. The van der Waals surface area contributed by atoms with Crippen molar-refractivity contribution < 1.29 is 17.9 Å². The van der Waals surface area contributed by atoms with E-state index >= 15 is 0 Å². The molecule has 0 unspecified atom stereocenters. The quantitative estimate of drug-likeness (QED) is 0.713. The Morgan fingerprint density at radius 2 is 1.74 bits per heavy atom. The maximum Gasteiger partial charge on any atom is 0.245 e. The summed E-state index contributed by atoms with van der Waals surface area (Å²) in [4.78, 5) is 14.0. The first-order chi connectivity index (χ1) is 12.9. The Morgan fingerprint density at radius 3 is 2.30 bits per heavy atom. The molecule has 1 saturated heterocycles. The van der Waals surface area contributed by atoms with Crippen LogP contribution in [0.5, 0.6) is 5.75 Å². The minimum Gasteiger partial charge on any atom is -0.497 e. The first-order valence-electron chi connectivity index (χ1n) is 8.46. The Labute approximate surface area is 164 Å². The molecule has 2 aromatic rings. The Hall–Kier alpha value is -2.09. The lowest BCUT2D eigenvalue weighted by atomic mass is 10.1. The second-order valence-corrected chi connectivity index (χ2v) is 8.45. The summed E-state index contributed by atoms with van der Waals surface area (Å²) in [6.45, 7) is 2.39. The fourth-order valence-corrected chi connectivity index (χ4v) is 4.89. The monoisotopic (exact) mass is 408 g/mol. The molecule has 144 valence electrons. The van der Waals surface area contributed by atoms with Crippen molar-refractivity contribution in [2.45, 2.75) is 18.0 Å². The van der Waals surface area contributed by atoms with Crippen LogP contribution in [0, 0.1) is 6.92 Å². The van der Waals surface area contributed by atoms with Crippen molar-refractivity contribution in [3.05, 3.63) is 59.7 Å². The fraction of sp³-hybridized carbons (Fsp3) is 0.316. The second-order valence-electron chi connectivity index (χ2n) is 6.30. The van der Waals surface area contributed by atoms with Crippen molar-refractivity contribution in [1.82, 2.24) is 9.21 Å². The highest BCUT2D eigenvalue weighted by Gasteiger charge is 2.42. The van der Waals surface area contributed by atoms with Gasteiger partial charge in [-0.3, -0.25) is 4.79 Å². The Balaban J connectivity index is 2.04. The average Bonchev–Trinajstić information content (AvgIpc) is 3.13. The highest BCUT2D eigenvalue weighted by atomic mass is 35.5. The van der Waals surface area contributed by atoms with Gasteiger partial charge in [0.2, 0.25) is 15.9 Å². The number of carbonyl (C=O) groups is 1. The topological polar surface area (TPSA) is 66.9 Å². The van der Waals surface area contributed by atoms with E-state index in [0.29, 0.717) is 11.3 Å². The number of rotatable bonds is 5. The summed E-state index contributed by atoms with van der Waals surface area (Å²) < 4.78 is 33.0. The molecular weight excluding hydrogens is 388 g/mol. The molecule has 0 spiro atoms. The number of carbonyl (C=O) groups excluding carboxylic acids is 1. The predicted molar refractivity (Wildman–Crippen MR) is 103 cm³/mol. The van der Waals surface area contributed by atoms with E-state index in [1.165, 1.54) is 9.21 Å². The van der Waals surface area contributed by atoms with Gasteiger partial charge in [0.05, 0.1) is 12.0 Å². The van der Waals surface area contributed by atoms with E-state index in [4.69, 9.17) is 16.3 Å². The van der Waals surface area contributed by atoms with E-state index in [1.807, 2.05) is 6.92 Å². The van der Waals surface area contributed by atoms with Crippen molar-refractivity contribution in [2.75, 3.05) is 26.1 Å². The lowest BCUT2D eigenvalue weighted by molar-refractivity contribution is -0.130. The summed E-state index contributed by atoms with van der Waals surface area (Å²) >= 11 is 5.75. The van der Waals surface area contributed by atoms with Gasteiger partial charge in [0.25, 0.3) is 0 Å². The number of halogens is 1. The molecule has 0 bridgehead atoms. The Kier molecular flexibility index (Phi) is 5.74. The zero-order valence-electron chi connectivity index (χ0n) is 15.1. The van der Waals surface area contributed by atoms with Crippen LogP contribution in [0.15, 0.2) is 53.4 Å². The predicted octanol–water partition coefficient (Wildman–Crippen LogP) is 2.77. The summed E-state index contributed by atoms with van der Waals surface area (Å²) in [5.41, 5.74) is 1.66. The molecule has 1 atom stereocenters. The first-order valence-corrected chi connectivity index (χ1v) is 10.4. The third kappa shape index (κ3) is 3.81. The van der Waals surface area contributed by atoms with E-state index in [-0.39, 0.29) is 29.8 Å². The van der Waals surface area contributed by atoms with Crippen molar-refractivity contribution >= 4 is 27.5 Å². The summed E-state index contributed by atoms with van der Waals surface area (Å²) in [5, 5.41) is 0. The standard InChI is InChI=1S/C19H21ClN2O4S/c1-14-3-9-17(10-4-14)27(24,25)22-12-11-21(18(23)13-20)19(22)15-5-7-16(26-2)8-6-15/h3-10,19H,11-13H2,1-2H3/t19-/m0/s1. The third-order valence-corrected chi connectivity index (χ3v) is 6.70. The molecule has 3 rings (SSSR count). The van der Waals surface area contributed by atoms with E-state index in [9.17, 15) is 13.2 Å². The van der Waals surface area contributed by atoms with Gasteiger partial charge in [0.1, 0.15) is 17.8 Å². The SMILES string of the molecule is COc1ccc([C@H]2N(C(=O)CCl)CCN2S(=O)(=O)c2ccc(C)cc2)cc1. The zero-order chi connectivity index (χ0) is 19.6. The molecule has 2 aromatic carbocycles. The Morgan fingerprint density at radius 1 is 1.11 bits per heavy atom. The number of alkyl halides is 1.